The van der Waals surface area contributed by atoms with Gasteiger partial charge < -0.3 is 19.5 Å². The second-order valence-corrected chi connectivity index (χ2v) is 5.56. The maximum Gasteiger partial charge on any atom is 0.161 e. The SMILES string of the molecule is C=CC.CCOc1cc(/C(=C/C#N)c2ccc(OC)c(NC)c2)ccc1OC. The Morgan fingerprint density at radius 2 is 1.64 bits per heavy atom. The first kappa shape index (κ1) is 22.7. The molecule has 0 saturated heterocycles. The number of methoxy groups -OCH3 is 2. The molecule has 0 heterocycles. The number of hydrogen-bond acceptors (Lipinski definition) is 5. The summed E-state index contributed by atoms with van der Waals surface area (Å²) in [4.78, 5) is 0. The Balaban J connectivity index is 0.00000122. The van der Waals surface area contributed by atoms with E-state index in [4.69, 9.17) is 14.2 Å². The maximum absolute atomic E-state index is 9.24. The second kappa shape index (κ2) is 12.1. The molecule has 0 amide bonds. The number of ether oxygens (including phenoxy) is 3. The molecule has 0 unspecified atom stereocenters. The van der Waals surface area contributed by atoms with E-state index in [0.29, 0.717) is 18.1 Å². The van der Waals surface area contributed by atoms with Crippen molar-refractivity contribution in [3.63, 3.8) is 0 Å². The standard InChI is InChI=1S/C20H22N2O3.C3H6/c1-5-25-20-13-15(7-9-19(20)24-4)16(10-11-21)14-6-8-18(23-3)17(12-14)22-2;1-3-2/h6-10,12-13,22H,5H2,1-4H3;3H,1H2,2H3/b16-10+;. The van der Waals surface area contributed by atoms with Crippen molar-refractivity contribution >= 4 is 11.3 Å². The van der Waals surface area contributed by atoms with Crippen LogP contribution in [-0.4, -0.2) is 27.9 Å². The van der Waals surface area contributed by atoms with Crippen LogP contribution in [0.15, 0.2) is 55.1 Å². The number of nitrogens with one attached hydrogen (secondary N) is 1. The molecule has 0 aromatic heterocycles. The van der Waals surface area contributed by atoms with Crippen LogP contribution in [0.1, 0.15) is 25.0 Å². The number of nitriles is 1. The molecule has 2 aromatic rings. The third-order valence-electron chi connectivity index (χ3n) is 3.76. The van der Waals surface area contributed by atoms with Gasteiger partial charge in [-0.3, -0.25) is 0 Å². The minimum atomic E-state index is 0.531. The van der Waals surface area contributed by atoms with Gasteiger partial charge in [0, 0.05) is 13.1 Å². The van der Waals surface area contributed by atoms with Gasteiger partial charge in [-0.15, -0.1) is 6.58 Å². The highest BCUT2D eigenvalue weighted by Gasteiger charge is 2.12. The minimum absolute atomic E-state index is 0.531. The van der Waals surface area contributed by atoms with Crippen LogP contribution in [0.4, 0.5) is 5.69 Å². The largest absolute Gasteiger partial charge is 0.495 e. The average Bonchev–Trinajstić information content (AvgIpc) is 2.72. The number of nitrogens with zero attached hydrogens (tertiary/aromatic N) is 1. The van der Waals surface area contributed by atoms with Crippen LogP contribution in [0.3, 0.4) is 0 Å². The van der Waals surface area contributed by atoms with E-state index in [-0.39, 0.29) is 0 Å². The highest BCUT2D eigenvalue weighted by atomic mass is 16.5. The maximum atomic E-state index is 9.24. The molecule has 2 aromatic carbocycles. The fraction of sp³-hybridized carbons (Fsp3) is 0.261. The van der Waals surface area contributed by atoms with Crippen LogP contribution < -0.4 is 19.5 Å². The molecule has 0 fully saturated rings. The summed E-state index contributed by atoms with van der Waals surface area (Å²) in [6.07, 6.45) is 3.28. The lowest BCUT2D eigenvalue weighted by Crippen LogP contribution is -1.98. The van der Waals surface area contributed by atoms with Crippen LogP contribution in [0.5, 0.6) is 17.2 Å². The summed E-state index contributed by atoms with van der Waals surface area (Å²) in [5.41, 5.74) is 3.42. The van der Waals surface area contributed by atoms with E-state index in [9.17, 15) is 5.26 Å². The van der Waals surface area contributed by atoms with E-state index < -0.39 is 0 Å². The van der Waals surface area contributed by atoms with Crippen molar-refractivity contribution in [3.05, 3.63) is 66.3 Å². The first-order chi connectivity index (χ1) is 13.6. The number of anilines is 1. The Morgan fingerprint density at radius 3 is 2.14 bits per heavy atom. The van der Waals surface area contributed by atoms with Gasteiger partial charge in [0.15, 0.2) is 11.5 Å². The second-order valence-electron chi connectivity index (χ2n) is 5.56. The lowest BCUT2D eigenvalue weighted by Gasteiger charge is -2.15. The molecule has 0 bridgehead atoms. The monoisotopic (exact) mass is 380 g/mol. The van der Waals surface area contributed by atoms with Gasteiger partial charge >= 0.3 is 0 Å². The van der Waals surface area contributed by atoms with Crippen molar-refractivity contribution in [1.29, 1.82) is 5.26 Å². The molecular weight excluding hydrogens is 352 g/mol. The molecule has 0 saturated carbocycles. The summed E-state index contributed by atoms with van der Waals surface area (Å²) in [5, 5.41) is 12.3. The van der Waals surface area contributed by atoms with E-state index in [1.165, 1.54) is 6.08 Å². The summed E-state index contributed by atoms with van der Waals surface area (Å²) >= 11 is 0. The Morgan fingerprint density at radius 1 is 1.07 bits per heavy atom. The first-order valence-corrected chi connectivity index (χ1v) is 8.94. The molecule has 1 N–H and O–H groups in total. The molecule has 5 nitrogen and oxygen atoms in total. The molecule has 0 aliphatic heterocycles. The van der Waals surface area contributed by atoms with Gasteiger partial charge in [-0.25, -0.2) is 0 Å². The topological polar surface area (TPSA) is 63.5 Å². The van der Waals surface area contributed by atoms with Crippen molar-refractivity contribution in [1.82, 2.24) is 0 Å². The van der Waals surface area contributed by atoms with Crippen LogP contribution >= 0.6 is 0 Å². The Hall–Kier alpha value is -3.39. The van der Waals surface area contributed by atoms with E-state index in [0.717, 1.165) is 28.1 Å². The zero-order chi connectivity index (χ0) is 20.9. The Kier molecular flexibility index (Phi) is 9.77. The molecule has 0 radical (unpaired) electrons. The molecule has 5 heteroatoms. The van der Waals surface area contributed by atoms with Gasteiger partial charge in [-0.1, -0.05) is 18.2 Å². The summed E-state index contributed by atoms with van der Waals surface area (Å²) < 4.78 is 16.3. The van der Waals surface area contributed by atoms with E-state index in [1.807, 2.05) is 57.3 Å². The Bertz CT molecular complexity index is 851. The average molecular weight is 380 g/mol. The number of benzene rings is 2. The van der Waals surface area contributed by atoms with Gasteiger partial charge in [-0.2, -0.15) is 5.26 Å². The van der Waals surface area contributed by atoms with E-state index in [2.05, 4.69) is 18.0 Å². The van der Waals surface area contributed by atoms with Gasteiger partial charge in [0.1, 0.15) is 5.75 Å². The Labute approximate surface area is 167 Å². The van der Waals surface area contributed by atoms with Crippen LogP contribution in [0.25, 0.3) is 5.57 Å². The fourth-order valence-electron chi connectivity index (χ4n) is 2.58. The van der Waals surface area contributed by atoms with Crippen molar-refractivity contribution in [2.45, 2.75) is 13.8 Å². The van der Waals surface area contributed by atoms with E-state index >= 15 is 0 Å². The van der Waals surface area contributed by atoms with Crippen molar-refractivity contribution in [2.24, 2.45) is 0 Å². The van der Waals surface area contributed by atoms with Gasteiger partial charge in [-0.05, 0) is 54.8 Å². The van der Waals surface area contributed by atoms with Crippen LogP contribution in [0, 0.1) is 11.3 Å². The van der Waals surface area contributed by atoms with E-state index in [1.54, 1.807) is 20.3 Å². The number of allylic oxidation sites excluding steroid dienone is 2. The highest BCUT2D eigenvalue weighted by molar-refractivity contribution is 5.84. The summed E-state index contributed by atoms with van der Waals surface area (Å²) in [6, 6.07) is 13.5. The third kappa shape index (κ3) is 5.82. The summed E-state index contributed by atoms with van der Waals surface area (Å²) in [6.45, 7) is 7.70. The van der Waals surface area contributed by atoms with Crippen molar-refractivity contribution in [2.75, 3.05) is 33.2 Å². The zero-order valence-corrected chi connectivity index (χ0v) is 17.2. The van der Waals surface area contributed by atoms with Gasteiger partial charge in [0.05, 0.1) is 32.6 Å². The predicted octanol–water partition coefficient (Wildman–Crippen LogP) is 5.29. The zero-order valence-electron chi connectivity index (χ0n) is 17.2. The molecule has 0 atom stereocenters. The number of rotatable bonds is 7. The smallest absolute Gasteiger partial charge is 0.161 e. The molecule has 0 aliphatic rings. The van der Waals surface area contributed by atoms with Gasteiger partial charge in [0.2, 0.25) is 0 Å². The summed E-state index contributed by atoms with van der Waals surface area (Å²) in [7, 11) is 5.06. The molecular formula is C23H28N2O3. The van der Waals surface area contributed by atoms with Crippen molar-refractivity contribution < 1.29 is 14.2 Å². The predicted molar refractivity (Wildman–Crippen MR) is 115 cm³/mol. The van der Waals surface area contributed by atoms with Crippen LogP contribution in [-0.2, 0) is 0 Å². The van der Waals surface area contributed by atoms with Gasteiger partial charge in [0.25, 0.3) is 0 Å². The lowest BCUT2D eigenvalue weighted by atomic mass is 9.96. The summed E-state index contributed by atoms with van der Waals surface area (Å²) in [5.74, 6) is 2.05. The number of hydrogen-bond donors (Lipinski definition) is 1. The molecule has 148 valence electrons. The normalized spacial score (nSPS) is 10.1. The van der Waals surface area contributed by atoms with Crippen molar-refractivity contribution in [3.8, 4) is 23.3 Å². The highest BCUT2D eigenvalue weighted by Crippen LogP contribution is 2.35. The molecule has 2 rings (SSSR count). The first-order valence-electron chi connectivity index (χ1n) is 8.94. The molecule has 0 spiro atoms. The minimum Gasteiger partial charge on any atom is -0.495 e. The lowest BCUT2D eigenvalue weighted by molar-refractivity contribution is 0.311. The third-order valence-corrected chi connectivity index (χ3v) is 3.76. The fourth-order valence-corrected chi connectivity index (χ4v) is 2.58. The molecule has 0 aliphatic carbocycles. The quantitative estimate of drug-likeness (QED) is 0.522. The molecule has 28 heavy (non-hydrogen) atoms. The van der Waals surface area contributed by atoms with Crippen LogP contribution in [0.2, 0.25) is 0 Å².